The molecule has 0 spiro atoms. The van der Waals surface area contributed by atoms with Crippen LogP contribution in [0.15, 0.2) is 4.76 Å². The molecule has 0 radical (unpaired) electrons. The zero-order valence-corrected chi connectivity index (χ0v) is 9.67. The lowest BCUT2D eigenvalue weighted by atomic mass is 10.4. The molecule has 0 aromatic carbocycles. The standard InChI is InChI=1S/C4H14N3P3/c1-3(2)7(10)4(5-8)6-9/h3H,8-10H2,1-2H3,(H,5,6). The molecule has 3 nitrogen and oxygen atoms in total. The molecule has 3 atom stereocenters. The van der Waals surface area contributed by atoms with Crippen LogP contribution in [0.25, 0.3) is 0 Å². The molecule has 0 aliphatic carbocycles. The van der Waals surface area contributed by atoms with Crippen molar-refractivity contribution in [3.8, 4) is 0 Å². The van der Waals surface area contributed by atoms with Gasteiger partial charge in [0.05, 0.1) is 0 Å². The van der Waals surface area contributed by atoms with Crippen LogP contribution in [0.1, 0.15) is 13.8 Å². The first-order valence-electron chi connectivity index (χ1n) is 2.92. The van der Waals surface area contributed by atoms with E-state index in [0.29, 0.717) is 6.04 Å². The molecule has 1 N–H and O–H groups in total. The first kappa shape index (κ1) is 10.6. The molecule has 10 heavy (non-hydrogen) atoms. The van der Waals surface area contributed by atoms with Crippen molar-refractivity contribution in [2.45, 2.75) is 19.9 Å². The van der Waals surface area contributed by atoms with Crippen molar-refractivity contribution in [2.75, 3.05) is 0 Å². The van der Waals surface area contributed by atoms with Gasteiger partial charge in [0.15, 0.2) is 0 Å². The molecule has 0 heterocycles. The Morgan fingerprint density at radius 3 is 2.20 bits per heavy atom. The Labute approximate surface area is 69.2 Å². The molecule has 6 heteroatoms. The topological polar surface area (TPSA) is 27.6 Å². The van der Waals surface area contributed by atoms with E-state index in [1.165, 1.54) is 0 Å². The third kappa shape index (κ3) is 3.10. The average molecular weight is 197 g/mol. The molecule has 0 fully saturated rings. The number of nitrogens with one attached hydrogen (secondary N) is 1. The number of hydrogen-bond donors (Lipinski definition) is 1. The van der Waals surface area contributed by atoms with Gasteiger partial charge in [-0.05, 0) is 42.0 Å². The van der Waals surface area contributed by atoms with Crippen LogP contribution in [0.4, 0.5) is 0 Å². The van der Waals surface area contributed by atoms with E-state index < -0.39 is 0 Å². The molecule has 0 amide bonds. The van der Waals surface area contributed by atoms with Gasteiger partial charge in [-0.1, -0.05) is 0 Å². The van der Waals surface area contributed by atoms with E-state index in [1.54, 1.807) is 0 Å². The zero-order valence-electron chi connectivity index (χ0n) is 6.20. The molecular weight excluding hydrogens is 183 g/mol. The van der Waals surface area contributed by atoms with Crippen molar-refractivity contribution in [1.29, 1.82) is 0 Å². The smallest absolute Gasteiger partial charge is 0.203 e. The Morgan fingerprint density at radius 1 is 1.60 bits per heavy atom. The van der Waals surface area contributed by atoms with Crippen molar-refractivity contribution < 1.29 is 0 Å². The fourth-order valence-corrected chi connectivity index (χ4v) is 1.43. The van der Waals surface area contributed by atoms with Crippen LogP contribution in [0.2, 0.25) is 0 Å². The van der Waals surface area contributed by atoms with Crippen LogP contribution in [0, 0.1) is 0 Å². The summed E-state index contributed by atoms with van der Waals surface area (Å²) in [5.41, 5.74) is 0. The van der Waals surface area contributed by atoms with Crippen molar-refractivity contribution in [2.24, 2.45) is 4.76 Å². The minimum absolute atomic E-state index is 0.428. The fourth-order valence-electron chi connectivity index (χ4n) is 0.423. The van der Waals surface area contributed by atoms with Gasteiger partial charge in [0.2, 0.25) is 5.96 Å². The summed E-state index contributed by atoms with van der Waals surface area (Å²) in [4.78, 5) is 0. The summed E-state index contributed by atoms with van der Waals surface area (Å²) in [6.45, 7) is 4.18. The van der Waals surface area contributed by atoms with Crippen molar-refractivity contribution in [3.63, 3.8) is 0 Å². The molecule has 60 valence electrons. The van der Waals surface area contributed by atoms with E-state index in [0.717, 1.165) is 5.96 Å². The molecule has 0 aliphatic heterocycles. The normalized spacial score (nSPS) is 12.0. The van der Waals surface area contributed by atoms with Gasteiger partial charge in [-0.25, -0.2) is 4.76 Å². The maximum absolute atomic E-state index is 3.93. The number of rotatable bonds is 1. The summed E-state index contributed by atoms with van der Waals surface area (Å²) in [7, 11) is 7.30. The SMILES string of the molecule is CC(C)N(P)/C(=N/P)NP. The van der Waals surface area contributed by atoms with Crippen LogP contribution < -0.4 is 5.09 Å². The summed E-state index contributed by atoms with van der Waals surface area (Å²) in [5, 5.41) is 2.88. The monoisotopic (exact) mass is 197 g/mol. The van der Waals surface area contributed by atoms with Crippen LogP contribution in [0.3, 0.4) is 0 Å². The molecule has 0 aromatic heterocycles. The summed E-state index contributed by atoms with van der Waals surface area (Å²) in [6.07, 6.45) is 0. The second-order valence-corrected chi connectivity index (χ2v) is 3.20. The first-order chi connectivity index (χ1) is 4.63. The fraction of sp³-hybridized carbons (Fsp3) is 0.750. The third-order valence-corrected chi connectivity index (χ3v) is 2.40. The van der Waals surface area contributed by atoms with Crippen LogP contribution >= 0.6 is 28.2 Å². The van der Waals surface area contributed by atoms with Crippen LogP contribution in [0.5, 0.6) is 0 Å². The Hall–Kier alpha value is 0.560. The summed E-state index contributed by atoms with van der Waals surface area (Å²) in [6, 6.07) is 0.428. The van der Waals surface area contributed by atoms with Gasteiger partial charge in [0, 0.05) is 6.04 Å². The van der Waals surface area contributed by atoms with Gasteiger partial charge in [-0.2, -0.15) is 0 Å². The maximum Gasteiger partial charge on any atom is 0.203 e. The Bertz CT molecular complexity index is 125. The minimum atomic E-state index is 0.428. The van der Waals surface area contributed by atoms with Gasteiger partial charge < -0.3 is 9.76 Å². The largest absolute Gasteiger partial charge is 0.340 e. The Kier molecular flexibility index (Phi) is 5.54. The van der Waals surface area contributed by atoms with Gasteiger partial charge in [0.25, 0.3) is 0 Å². The van der Waals surface area contributed by atoms with E-state index in [1.807, 2.05) is 4.67 Å². The molecular formula is C4H14N3P3. The van der Waals surface area contributed by atoms with E-state index in [9.17, 15) is 0 Å². The second kappa shape index (κ2) is 5.24. The van der Waals surface area contributed by atoms with Gasteiger partial charge in [-0.3, -0.25) is 0 Å². The minimum Gasteiger partial charge on any atom is -0.340 e. The number of guanidine groups is 1. The summed E-state index contributed by atoms with van der Waals surface area (Å²) in [5.74, 6) is 0.815. The van der Waals surface area contributed by atoms with Crippen molar-refractivity contribution >= 4 is 34.1 Å². The molecule has 0 saturated carbocycles. The molecule has 0 aliphatic rings. The predicted octanol–water partition coefficient (Wildman–Crippen LogP) is 1.01. The van der Waals surface area contributed by atoms with Crippen LogP contribution in [-0.4, -0.2) is 16.7 Å². The van der Waals surface area contributed by atoms with Crippen molar-refractivity contribution in [1.82, 2.24) is 9.76 Å². The van der Waals surface area contributed by atoms with Crippen LogP contribution in [-0.2, 0) is 0 Å². The molecule has 0 rings (SSSR count). The Morgan fingerprint density at radius 2 is 2.10 bits per heavy atom. The highest BCUT2D eigenvalue weighted by Gasteiger charge is 2.05. The lowest BCUT2D eigenvalue weighted by Gasteiger charge is -2.23. The first-order valence-corrected chi connectivity index (χ1v) is 4.53. The molecule has 0 bridgehead atoms. The molecule has 3 unspecified atom stereocenters. The van der Waals surface area contributed by atoms with Gasteiger partial charge in [-0.15, -0.1) is 0 Å². The van der Waals surface area contributed by atoms with E-state index in [-0.39, 0.29) is 0 Å². The lowest BCUT2D eigenvalue weighted by molar-refractivity contribution is 0.543. The Balaban J connectivity index is 4.03. The van der Waals surface area contributed by atoms with Gasteiger partial charge in [0.1, 0.15) is 0 Å². The maximum atomic E-state index is 3.93. The highest BCUT2D eigenvalue weighted by Crippen LogP contribution is 2.07. The highest BCUT2D eigenvalue weighted by atomic mass is 31.0. The van der Waals surface area contributed by atoms with Crippen molar-refractivity contribution in [3.05, 3.63) is 0 Å². The lowest BCUT2D eigenvalue weighted by Crippen LogP contribution is -2.33. The highest BCUT2D eigenvalue weighted by molar-refractivity contribution is 7.19. The zero-order chi connectivity index (χ0) is 8.15. The molecule has 0 saturated heterocycles. The predicted molar refractivity (Wildman–Crippen MR) is 56.7 cm³/mol. The quantitative estimate of drug-likeness (QED) is 0.386. The summed E-state index contributed by atoms with van der Waals surface area (Å²) < 4.78 is 5.89. The van der Waals surface area contributed by atoms with E-state index in [4.69, 9.17) is 0 Å². The van der Waals surface area contributed by atoms with E-state index >= 15 is 0 Å². The number of nitrogens with zero attached hydrogens (tertiary/aromatic N) is 2. The molecule has 0 aromatic rings. The number of hydrogen-bond acceptors (Lipinski definition) is 1. The van der Waals surface area contributed by atoms with Gasteiger partial charge >= 0.3 is 0 Å². The van der Waals surface area contributed by atoms with E-state index in [2.05, 4.69) is 51.9 Å². The average Bonchev–Trinajstić information content (AvgIpc) is 1.90. The summed E-state index contributed by atoms with van der Waals surface area (Å²) >= 11 is 0. The second-order valence-electron chi connectivity index (χ2n) is 2.10. The third-order valence-electron chi connectivity index (χ3n) is 1.05.